The molecule has 0 amide bonds. The molecule has 0 saturated heterocycles. The molecule has 0 saturated carbocycles. The van der Waals surface area contributed by atoms with Crippen LogP contribution in [-0.2, 0) is 4.74 Å². The molecular formula is C19H21F3O2S. The van der Waals surface area contributed by atoms with Gasteiger partial charge in [-0.3, -0.25) is 0 Å². The minimum absolute atomic E-state index is 0.205. The Labute approximate surface area is 150 Å². The van der Waals surface area contributed by atoms with Crippen LogP contribution in [0.15, 0.2) is 64.8 Å². The second-order valence-electron chi connectivity index (χ2n) is 5.72. The number of thioether (sulfide) groups is 1. The summed E-state index contributed by atoms with van der Waals surface area (Å²) in [5, 5.41) is 9.28. The van der Waals surface area contributed by atoms with Crippen LogP contribution in [0.1, 0.15) is 19.8 Å². The molecule has 0 radical (unpaired) electrons. The fraction of sp³-hybridized carbons (Fsp3) is 0.368. The van der Waals surface area contributed by atoms with Crippen molar-refractivity contribution >= 4 is 11.8 Å². The van der Waals surface area contributed by atoms with Crippen LogP contribution in [0.3, 0.4) is 0 Å². The Morgan fingerprint density at radius 3 is 2.52 bits per heavy atom. The largest absolute Gasteiger partial charge is 0.508 e. The highest BCUT2D eigenvalue weighted by atomic mass is 32.2. The van der Waals surface area contributed by atoms with Crippen molar-refractivity contribution in [3.8, 4) is 5.75 Å². The van der Waals surface area contributed by atoms with Crippen molar-refractivity contribution in [2.75, 3.05) is 12.4 Å². The molecule has 1 aromatic carbocycles. The van der Waals surface area contributed by atoms with E-state index in [9.17, 15) is 18.3 Å². The number of benzene rings is 1. The van der Waals surface area contributed by atoms with Gasteiger partial charge in [-0.25, -0.2) is 0 Å². The van der Waals surface area contributed by atoms with Crippen molar-refractivity contribution in [1.29, 1.82) is 0 Å². The number of alkyl halides is 3. The van der Waals surface area contributed by atoms with Crippen LogP contribution in [0.5, 0.6) is 5.75 Å². The van der Waals surface area contributed by atoms with Crippen LogP contribution in [0.2, 0.25) is 0 Å². The SMILES string of the molecule is CCC(COC1=CCC=C(C(F)(F)F)C=C1)CSc1ccc(O)cc1. The van der Waals surface area contributed by atoms with E-state index in [1.807, 2.05) is 12.1 Å². The molecular weight excluding hydrogens is 349 g/mol. The Morgan fingerprint density at radius 1 is 1.16 bits per heavy atom. The van der Waals surface area contributed by atoms with Gasteiger partial charge in [0.1, 0.15) is 11.5 Å². The first kappa shape index (κ1) is 19.5. The number of halogens is 3. The molecule has 0 heterocycles. The van der Waals surface area contributed by atoms with Crippen molar-refractivity contribution in [2.45, 2.75) is 30.8 Å². The molecule has 1 atom stereocenters. The number of aromatic hydroxyl groups is 1. The monoisotopic (exact) mass is 370 g/mol. The zero-order valence-corrected chi connectivity index (χ0v) is 14.7. The highest BCUT2D eigenvalue weighted by Crippen LogP contribution is 2.29. The molecule has 1 unspecified atom stereocenters. The fourth-order valence-electron chi connectivity index (χ4n) is 2.18. The van der Waals surface area contributed by atoms with Gasteiger partial charge in [-0.1, -0.05) is 13.0 Å². The normalized spacial score (nSPS) is 16.0. The lowest BCUT2D eigenvalue weighted by Crippen LogP contribution is -2.11. The lowest BCUT2D eigenvalue weighted by Gasteiger charge is -2.16. The zero-order chi connectivity index (χ0) is 18.3. The molecule has 6 heteroatoms. The molecule has 0 spiro atoms. The maximum absolute atomic E-state index is 12.7. The van der Waals surface area contributed by atoms with Gasteiger partial charge in [-0.05, 0) is 55.3 Å². The lowest BCUT2D eigenvalue weighted by molar-refractivity contribution is -0.0883. The number of allylic oxidation sites excluding steroid dienone is 5. The van der Waals surface area contributed by atoms with Gasteiger partial charge in [0.2, 0.25) is 0 Å². The van der Waals surface area contributed by atoms with Crippen LogP contribution >= 0.6 is 11.8 Å². The Balaban J connectivity index is 1.82. The highest BCUT2D eigenvalue weighted by Gasteiger charge is 2.31. The molecule has 2 nitrogen and oxygen atoms in total. The third-order valence-corrected chi connectivity index (χ3v) is 5.04. The fourth-order valence-corrected chi connectivity index (χ4v) is 3.27. The van der Waals surface area contributed by atoms with Gasteiger partial charge in [0.05, 0.1) is 12.2 Å². The summed E-state index contributed by atoms with van der Waals surface area (Å²) in [5.41, 5.74) is -0.641. The molecule has 1 aliphatic rings. The average Bonchev–Trinajstić information content (AvgIpc) is 2.82. The van der Waals surface area contributed by atoms with E-state index in [1.54, 1.807) is 30.0 Å². The topological polar surface area (TPSA) is 29.5 Å². The van der Waals surface area contributed by atoms with Crippen molar-refractivity contribution in [3.63, 3.8) is 0 Å². The van der Waals surface area contributed by atoms with Crippen molar-refractivity contribution in [3.05, 3.63) is 59.9 Å². The molecule has 2 rings (SSSR count). The highest BCUT2D eigenvalue weighted by molar-refractivity contribution is 7.99. The molecule has 25 heavy (non-hydrogen) atoms. The summed E-state index contributed by atoms with van der Waals surface area (Å²) < 4.78 is 43.8. The summed E-state index contributed by atoms with van der Waals surface area (Å²) in [4.78, 5) is 1.06. The summed E-state index contributed by atoms with van der Waals surface area (Å²) in [7, 11) is 0. The summed E-state index contributed by atoms with van der Waals surface area (Å²) in [5.74, 6) is 1.83. The summed E-state index contributed by atoms with van der Waals surface area (Å²) in [6.45, 7) is 2.52. The Kier molecular flexibility index (Phi) is 7.05. The molecule has 0 aliphatic heterocycles. The average molecular weight is 370 g/mol. The van der Waals surface area contributed by atoms with E-state index in [0.717, 1.165) is 29.2 Å². The minimum atomic E-state index is -4.33. The Hall–Kier alpha value is -1.82. The standard InChI is InChI=1S/C19H21F3O2S/c1-2-14(13-25-18-10-7-16(23)8-11-18)12-24-17-5-3-4-15(6-9-17)19(20,21)22/h4-11,14,23H,2-3,12-13H2,1H3. The molecule has 0 aromatic heterocycles. The molecule has 1 aliphatic carbocycles. The number of hydrogen-bond acceptors (Lipinski definition) is 3. The van der Waals surface area contributed by atoms with Gasteiger partial charge in [0.15, 0.2) is 0 Å². The van der Waals surface area contributed by atoms with E-state index in [2.05, 4.69) is 6.92 Å². The summed E-state index contributed by atoms with van der Waals surface area (Å²) in [6, 6.07) is 7.00. The first-order valence-corrected chi connectivity index (χ1v) is 9.07. The lowest BCUT2D eigenvalue weighted by atomic mass is 10.1. The number of ether oxygens (including phenoxy) is 1. The van der Waals surface area contributed by atoms with Gasteiger partial charge in [-0.15, -0.1) is 11.8 Å². The number of hydrogen-bond donors (Lipinski definition) is 1. The Bertz CT molecular complexity index is 646. The summed E-state index contributed by atoms with van der Waals surface area (Å²) >= 11 is 1.67. The van der Waals surface area contributed by atoms with Gasteiger partial charge >= 0.3 is 6.18 Å². The number of phenols is 1. The molecule has 136 valence electrons. The maximum Gasteiger partial charge on any atom is 0.416 e. The quantitative estimate of drug-likeness (QED) is 0.610. The van der Waals surface area contributed by atoms with E-state index in [4.69, 9.17) is 4.74 Å². The van der Waals surface area contributed by atoms with Crippen molar-refractivity contribution in [1.82, 2.24) is 0 Å². The van der Waals surface area contributed by atoms with E-state index < -0.39 is 11.7 Å². The van der Waals surface area contributed by atoms with Gasteiger partial charge in [-0.2, -0.15) is 13.2 Å². The van der Waals surface area contributed by atoms with Crippen molar-refractivity contribution in [2.24, 2.45) is 5.92 Å². The van der Waals surface area contributed by atoms with Crippen molar-refractivity contribution < 1.29 is 23.0 Å². The second-order valence-corrected chi connectivity index (χ2v) is 6.82. The minimum Gasteiger partial charge on any atom is -0.508 e. The Morgan fingerprint density at radius 2 is 1.88 bits per heavy atom. The zero-order valence-electron chi connectivity index (χ0n) is 13.9. The van der Waals surface area contributed by atoms with Gasteiger partial charge in [0, 0.05) is 16.6 Å². The van der Waals surface area contributed by atoms with Crippen LogP contribution in [0.4, 0.5) is 13.2 Å². The third kappa shape index (κ3) is 6.53. The third-order valence-electron chi connectivity index (χ3n) is 3.80. The molecule has 1 N–H and O–H groups in total. The number of phenolic OH excluding ortho intramolecular Hbond substituents is 1. The van der Waals surface area contributed by atoms with Gasteiger partial charge < -0.3 is 9.84 Å². The second kappa shape index (κ2) is 9.04. The molecule has 0 bridgehead atoms. The maximum atomic E-state index is 12.7. The summed E-state index contributed by atoms with van der Waals surface area (Å²) in [6.07, 6.45) is 2.05. The molecule has 0 fully saturated rings. The predicted octanol–water partition coefficient (Wildman–Crippen LogP) is 5.86. The van der Waals surface area contributed by atoms with Gasteiger partial charge in [0.25, 0.3) is 0 Å². The van der Waals surface area contributed by atoms with Crippen LogP contribution in [-0.4, -0.2) is 23.6 Å². The first-order valence-electron chi connectivity index (χ1n) is 8.08. The number of rotatable bonds is 7. The predicted molar refractivity (Wildman–Crippen MR) is 94.5 cm³/mol. The van der Waals surface area contributed by atoms with Crippen LogP contribution in [0.25, 0.3) is 0 Å². The first-order chi connectivity index (χ1) is 11.9. The van der Waals surface area contributed by atoms with E-state index in [0.29, 0.717) is 12.4 Å². The molecule has 1 aromatic rings. The smallest absolute Gasteiger partial charge is 0.416 e. The van der Waals surface area contributed by atoms with Crippen LogP contribution in [0, 0.1) is 5.92 Å². The van der Waals surface area contributed by atoms with E-state index in [1.165, 1.54) is 6.08 Å². The van der Waals surface area contributed by atoms with Crippen LogP contribution < -0.4 is 0 Å². The van der Waals surface area contributed by atoms with E-state index in [-0.39, 0.29) is 18.1 Å². The van der Waals surface area contributed by atoms with E-state index >= 15 is 0 Å².